The van der Waals surface area contributed by atoms with Crippen molar-refractivity contribution in [2.45, 2.75) is 6.54 Å². The number of pyridine rings is 1. The molecule has 0 aliphatic carbocycles. The third-order valence-corrected chi connectivity index (χ3v) is 3.44. The predicted molar refractivity (Wildman–Crippen MR) is 81.2 cm³/mol. The van der Waals surface area contributed by atoms with Crippen LogP contribution in [0.3, 0.4) is 0 Å². The molecule has 0 unspecified atom stereocenters. The van der Waals surface area contributed by atoms with Gasteiger partial charge in [0.2, 0.25) is 0 Å². The third-order valence-electron chi connectivity index (χ3n) is 3.25. The number of fused-ring (bicyclic) bond motifs is 1. The van der Waals surface area contributed by atoms with Gasteiger partial charge in [0.05, 0.1) is 32.3 Å². The van der Waals surface area contributed by atoms with Crippen LogP contribution in [-0.2, 0) is 6.54 Å². The van der Waals surface area contributed by atoms with Crippen LogP contribution < -0.4 is 9.47 Å². The highest BCUT2D eigenvalue weighted by atomic mass is 35.5. The highest BCUT2D eigenvalue weighted by Crippen LogP contribution is 2.27. The van der Waals surface area contributed by atoms with Crippen molar-refractivity contribution in [2.75, 3.05) is 14.2 Å². The summed E-state index contributed by atoms with van der Waals surface area (Å²) in [5.41, 5.74) is 1.80. The summed E-state index contributed by atoms with van der Waals surface area (Å²) in [5.74, 6) is 1.50. The lowest BCUT2D eigenvalue weighted by Crippen LogP contribution is -2.02. The van der Waals surface area contributed by atoms with Crippen molar-refractivity contribution in [3.63, 3.8) is 0 Å². The van der Waals surface area contributed by atoms with Crippen molar-refractivity contribution in [1.82, 2.24) is 14.8 Å². The molecule has 0 atom stereocenters. The van der Waals surface area contributed by atoms with Gasteiger partial charge in [0.25, 0.3) is 0 Å². The van der Waals surface area contributed by atoms with Crippen LogP contribution in [0.1, 0.15) is 5.56 Å². The summed E-state index contributed by atoms with van der Waals surface area (Å²) in [4.78, 5) is 4.34. The third kappa shape index (κ3) is 2.64. The number of halogens is 1. The van der Waals surface area contributed by atoms with Crippen molar-refractivity contribution < 1.29 is 9.47 Å². The average molecular weight is 304 g/mol. The molecule has 0 aliphatic rings. The van der Waals surface area contributed by atoms with E-state index >= 15 is 0 Å². The van der Waals surface area contributed by atoms with E-state index < -0.39 is 0 Å². The molecule has 0 bridgehead atoms. The molecule has 3 rings (SSSR count). The van der Waals surface area contributed by atoms with Gasteiger partial charge >= 0.3 is 0 Å². The summed E-state index contributed by atoms with van der Waals surface area (Å²) >= 11 is 6.03. The van der Waals surface area contributed by atoms with Gasteiger partial charge in [0.1, 0.15) is 16.7 Å². The second-order valence-electron chi connectivity index (χ2n) is 4.53. The zero-order chi connectivity index (χ0) is 14.8. The van der Waals surface area contributed by atoms with E-state index in [1.165, 1.54) is 0 Å². The molecule has 0 saturated carbocycles. The fourth-order valence-corrected chi connectivity index (χ4v) is 2.36. The van der Waals surface area contributed by atoms with Crippen molar-refractivity contribution in [2.24, 2.45) is 0 Å². The number of hydrogen-bond donors (Lipinski definition) is 0. The molecule has 0 aliphatic heterocycles. The van der Waals surface area contributed by atoms with Crippen LogP contribution in [0.2, 0.25) is 5.15 Å². The number of rotatable bonds is 4. The normalized spacial score (nSPS) is 10.8. The van der Waals surface area contributed by atoms with E-state index in [0.29, 0.717) is 23.1 Å². The number of aromatic nitrogens is 3. The number of benzene rings is 1. The topological polar surface area (TPSA) is 49.2 Å². The quantitative estimate of drug-likeness (QED) is 0.695. The van der Waals surface area contributed by atoms with Crippen LogP contribution in [0.5, 0.6) is 11.5 Å². The molecule has 0 fully saturated rings. The van der Waals surface area contributed by atoms with E-state index in [-0.39, 0.29) is 0 Å². The highest BCUT2D eigenvalue weighted by molar-refractivity contribution is 6.30. The maximum absolute atomic E-state index is 6.03. The largest absolute Gasteiger partial charge is 0.497 e. The standard InChI is InChI=1S/C15H14ClN3O2/c1-20-11-5-3-10(4-6-11)9-19-15-12(8-17-19)13(21-2)7-14(16)18-15/h3-8H,9H2,1-2H3. The maximum Gasteiger partial charge on any atom is 0.163 e. The van der Waals surface area contributed by atoms with E-state index in [9.17, 15) is 0 Å². The maximum atomic E-state index is 6.03. The predicted octanol–water partition coefficient (Wildman–Crippen LogP) is 3.15. The Labute approximate surface area is 127 Å². The first-order chi connectivity index (χ1) is 10.2. The first-order valence-electron chi connectivity index (χ1n) is 6.40. The summed E-state index contributed by atoms with van der Waals surface area (Å²) in [6.07, 6.45) is 1.74. The van der Waals surface area contributed by atoms with Gasteiger partial charge in [0.15, 0.2) is 5.65 Å². The molecule has 21 heavy (non-hydrogen) atoms. The molecule has 5 nitrogen and oxygen atoms in total. The molecule has 1 aromatic carbocycles. The Hall–Kier alpha value is -2.27. The summed E-state index contributed by atoms with van der Waals surface area (Å²) in [6.45, 7) is 0.601. The van der Waals surface area contributed by atoms with Crippen LogP contribution in [0.25, 0.3) is 11.0 Å². The molecule has 6 heteroatoms. The molecule has 2 aromatic heterocycles. The van der Waals surface area contributed by atoms with Crippen LogP contribution in [0, 0.1) is 0 Å². The molecule has 0 radical (unpaired) electrons. The SMILES string of the molecule is COc1ccc(Cn2ncc3c(OC)cc(Cl)nc32)cc1. The second-order valence-corrected chi connectivity index (χ2v) is 4.92. The summed E-state index contributed by atoms with van der Waals surface area (Å²) in [7, 11) is 3.25. The Balaban J connectivity index is 1.98. The van der Waals surface area contributed by atoms with Gasteiger partial charge in [-0.3, -0.25) is 0 Å². The van der Waals surface area contributed by atoms with Gasteiger partial charge in [0, 0.05) is 6.07 Å². The van der Waals surface area contributed by atoms with Gasteiger partial charge in [-0.25, -0.2) is 9.67 Å². The van der Waals surface area contributed by atoms with Crippen molar-refractivity contribution >= 4 is 22.6 Å². The minimum atomic E-state index is 0.385. The van der Waals surface area contributed by atoms with Gasteiger partial charge < -0.3 is 9.47 Å². The molecular formula is C15H14ClN3O2. The lowest BCUT2D eigenvalue weighted by Gasteiger charge is -2.06. The van der Waals surface area contributed by atoms with Gasteiger partial charge in [-0.15, -0.1) is 0 Å². The first-order valence-corrected chi connectivity index (χ1v) is 6.78. The number of hydrogen-bond acceptors (Lipinski definition) is 4. The van der Waals surface area contributed by atoms with Crippen LogP contribution >= 0.6 is 11.6 Å². The lowest BCUT2D eigenvalue weighted by atomic mass is 10.2. The smallest absolute Gasteiger partial charge is 0.163 e. The molecule has 108 valence electrons. The van der Waals surface area contributed by atoms with Crippen LogP contribution in [0.4, 0.5) is 0 Å². The summed E-state index contributed by atoms with van der Waals surface area (Å²) in [6, 6.07) is 9.51. The van der Waals surface area contributed by atoms with Crippen LogP contribution in [-0.4, -0.2) is 29.0 Å². The monoisotopic (exact) mass is 303 g/mol. The Morgan fingerprint density at radius 3 is 2.57 bits per heavy atom. The van der Waals surface area contributed by atoms with E-state index in [1.54, 1.807) is 31.2 Å². The number of ether oxygens (including phenoxy) is 2. The fourth-order valence-electron chi connectivity index (χ4n) is 2.18. The Morgan fingerprint density at radius 1 is 1.14 bits per heavy atom. The Bertz CT molecular complexity index is 768. The zero-order valence-electron chi connectivity index (χ0n) is 11.7. The van der Waals surface area contributed by atoms with E-state index in [1.807, 2.05) is 24.3 Å². The van der Waals surface area contributed by atoms with Gasteiger partial charge in [-0.2, -0.15) is 5.10 Å². The molecule has 0 saturated heterocycles. The van der Waals surface area contributed by atoms with Crippen molar-refractivity contribution in [3.05, 3.63) is 47.2 Å². The average Bonchev–Trinajstić information content (AvgIpc) is 2.90. The minimum Gasteiger partial charge on any atom is -0.497 e. The van der Waals surface area contributed by atoms with Gasteiger partial charge in [-0.05, 0) is 17.7 Å². The van der Waals surface area contributed by atoms with Crippen LogP contribution in [0.15, 0.2) is 36.5 Å². The molecule has 2 heterocycles. The van der Waals surface area contributed by atoms with Gasteiger partial charge in [-0.1, -0.05) is 23.7 Å². The lowest BCUT2D eigenvalue weighted by molar-refractivity contribution is 0.414. The summed E-state index contributed by atoms with van der Waals surface area (Å²) in [5, 5.41) is 5.60. The molecule has 3 aromatic rings. The van der Waals surface area contributed by atoms with Crippen molar-refractivity contribution in [3.8, 4) is 11.5 Å². The van der Waals surface area contributed by atoms with E-state index in [0.717, 1.165) is 16.7 Å². The zero-order valence-corrected chi connectivity index (χ0v) is 12.5. The minimum absolute atomic E-state index is 0.385. The van der Waals surface area contributed by atoms with E-state index in [4.69, 9.17) is 21.1 Å². The fraction of sp³-hybridized carbons (Fsp3) is 0.200. The highest BCUT2D eigenvalue weighted by Gasteiger charge is 2.11. The summed E-state index contributed by atoms with van der Waals surface area (Å²) < 4.78 is 12.3. The Morgan fingerprint density at radius 2 is 1.90 bits per heavy atom. The molecule has 0 spiro atoms. The van der Waals surface area contributed by atoms with Crippen molar-refractivity contribution in [1.29, 1.82) is 0 Å². The first kappa shape index (κ1) is 13.7. The molecular weight excluding hydrogens is 290 g/mol. The second kappa shape index (κ2) is 5.61. The number of methoxy groups -OCH3 is 2. The van der Waals surface area contributed by atoms with E-state index in [2.05, 4.69) is 10.1 Å². The number of nitrogens with zero attached hydrogens (tertiary/aromatic N) is 3. The Kier molecular flexibility index (Phi) is 3.66. The molecule has 0 amide bonds. The molecule has 0 N–H and O–H groups in total.